The number of nitrogens with two attached hydrogens (primary N) is 1. The Morgan fingerprint density at radius 2 is 2.27 bits per heavy atom. The molecule has 0 amide bonds. The summed E-state index contributed by atoms with van der Waals surface area (Å²) in [6.07, 6.45) is 3.53. The summed E-state index contributed by atoms with van der Waals surface area (Å²) >= 11 is 0. The Morgan fingerprint density at radius 3 is 2.80 bits per heavy atom. The molecule has 3 heteroatoms. The molecule has 0 radical (unpaired) electrons. The summed E-state index contributed by atoms with van der Waals surface area (Å²) in [7, 11) is 0. The van der Waals surface area contributed by atoms with E-state index in [4.69, 9.17) is 5.73 Å². The first-order valence-corrected chi connectivity index (χ1v) is 6.17. The quantitative estimate of drug-likeness (QED) is 0.719. The fourth-order valence-corrected chi connectivity index (χ4v) is 2.30. The molecule has 1 saturated heterocycles. The van der Waals surface area contributed by atoms with Gasteiger partial charge in [0.2, 0.25) is 0 Å². The molecule has 1 rings (SSSR count). The van der Waals surface area contributed by atoms with Crippen molar-refractivity contribution in [2.45, 2.75) is 33.1 Å². The van der Waals surface area contributed by atoms with Crippen LogP contribution in [0.5, 0.6) is 0 Å². The third-order valence-corrected chi connectivity index (χ3v) is 3.81. The summed E-state index contributed by atoms with van der Waals surface area (Å²) in [5.74, 6) is 0.484. The van der Waals surface area contributed by atoms with E-state index in [-0.39, 0.29) is 5.41 Å². The van der Waals surface area contributed by atoms with Crippen LogP contribution in [0.4, 0.5) is 0 Å². The fourth-order valence-electron chi connectivity index (χ4n) is 2.30. The van der Waals surface area contributed by atoms with Crippen LogP contribution in [-0.4, -0.2) is 42.8 Å². The van der Waals surface area contributed by atoms with Gasteiger partial charge in [-0.3, -0.25) is 0 Å². The summed E-state index contributed by atoms with van der Waals surface area (Å²) in [5.41, 5.74) is 6.07. The third kappa shape index (κ3) is 3.74. The van der Waals surface area contributed by atoms with E-state index in [1.165, 1.54) is 19.4 Å². The highest BCUT2D eigenvalue weighted by Crippen LogP contribution is 2.24. The largest absolute Gasteiger partial charge is 0.396 e. The van der Waals surface area contributed by atoms with Crippen molar-refractivity contribution in [3.63, 3.8) is 0 Å². The average molecular weight is 214 g/mol. The number of aliphatic hydroxyl groups excluding tert-OH is 1. The maximum atomic E-state index is 9.17. The van der Waals surface area contributed by atoms with Crippen molar-refractivity contribution in [2.24, 2.45) is 17.1 Å². The Bertz CT molecular complexity index is 180. The monoisotopic (exact) mass is 214 g/mol. The topological polar surface area (TPSA) is 49.5 Å². The van der Waals surface area contributed by atoms with Crippen LogP contribution in [0, 0.1) is 11.3 Å². The lowest BCUT2D eigenvalue weighted by molar-refractivity contribution is 0.0847. The third-order valence-electron chi connectivity index (χ3n) is 3.81. The highest BCUT2D eigenvalue weighted by Gasteiger charge is 2.27. The van der Waals surface area contributed by atoms with Crippen LogP contribution < -0.4 is 5.73 Å². The number of hydrogen-bond acceptors (Lipinski definition) is 3. The first-order chi connectivity index (χ1) is 7.13. The predicted octanol–water partition coefficient (Wildman–Crippen LogP) is 1.07. The Labute approximate surface area is 93.6 Å². The number of rotatable bonds is 5. The zero-order chi connectivity index (χ0) is 11.3. The Kier molecular flexibility index (Phi) is 5.03. The molecule has 1 aliphatic rings. The zero-order valence-corrected chi connectivity index (χ0v) is 10.2. The molecule has 1 heterocycles. The van der Waals surface area contributed by atoms with Gasteiger partial charge in [-0.1, -0.05) is 13.8 Å². The van der Waals surface area contributed by atoms with E-state index >= 15 is 0 Å². The number of likely N-dealkylation sites (tertiary alicyclic amines) is 1. The van der Waals surface area contributed by atoms with Crippen LogP contribution >= 0.6 is 0 Å². The minimum Gasteiger partial charge on any atom is -0.396 e. The van der Waals surface area contributed by atoms with Crippen LogP contribution in [0.1, 0.15) is 33.1 Å². The van der Waals surface area contributed by atoms with E-state index in [1.54, 1.807) is 0 Å². The summed E-state index contributed by atoms with van der Waals surface area (Å²) in [4.78, 5) is 2.47. The lowest BCUT2D eigenvalue weighted by Crippen LogP contribution is -2.45. The molecule has 3 N–H and O–H groups in total. The average Bonchev–Trinajstić information content (AvgIpc) is 2.29. The Morgan fingerprint density at radius 1 is 1.53 bits per heavy atom. The predicted molar refractivity (Wildman–Crippen MR) is 63.7 cm³/mol. The van der Waals surface area contributed by atoms with Gasteiger partial charge in [-0.15, -0.1) is 0 Å². The van der Waals surface area contributed by atoms with Crippen molar-refractivity contribution in [3.8, 4) is 0 Å². The molecule has 1 aliphatic heterocycles. The van der Waals surface area contributed by atoms with Gasteiger partial charge in [-0.2, -0.15) is 0 Å². The molecule has 2 atom stereocenters. The number of piperidine rings is 1. The maximum Gasteiger partial charge on any atom is 0.0471 e. The van der Waals surface area contributed by atoms with Gasteiger partial charge < -0.3 is 15.7 Å². The highest BCUT2D eigenvalue weighted by molar-refractivity contribution is 4.81. The summed E-state index contributed by atoms with van der Waals surface area (Å²) in [6.45, 7) is 8.86. The van der Waals surface area contributed by atoms with Crippen LogP contribution in [0.15, 0.2) is 0 Å². The number of nitrogens with zero attached hydrogens (tertiary/aromatic N) is 1. The van der Waals surface area contributed by atoms with Gasteiger partial charge in [0, 0.05) is 19.7 Å². The second-order valence-electron chi connectivity index (χ2n) is 5.29. The molecular weight excluding hydrogens is 188 g/mol. The Hall–Kier alpha value is -0.120. The maximum absolute atomic E-state index is 9.17. The van der Waals surface area contributed by atoms with Gasteiger partial charge in [0.1, 0.15) is 0 Å². The van der Waals surface area contributed by atoms with Crippen molar-refractivity contribution in [1.82, 2.24) is 4.90 Å². The molecule has 15 heavy (non-hydrogen) atoms. The minimum absolute atomic E-state index is 0.247. The molecule has 0 saturated carbocycles. The SMILES string of the molecule is CCC(C)(CN)CN1CCCC(CO)C1. The molecule has 0 aromatic carbocycles. The molecule has 3 nitrogen and oxygen atoms in total. The molecule has 1 fully saturated rings. The second-order valence-corrected chi connectivity index (χ2v) is 5.29. The van der Waals surface area contributed by atoms with E-state index in [0.29, 0.717) is 12.5 Å². The van der Waals surface area contributed by atoms with Gasteiger partial charge in [-0.25, -0.2) is 0 Å². The molecule has 0 aromatic heterocycles. The van der Waals surface area contributed by atoms with E-state index in [2.05, 4.69) is 18.7 Å². The number of aliphatic hydroxyl groups is 1. The van der Waals surface area contributed by atoms with E-state index in [1.807, 2.05) is 0 Å². The molecule has 0 aliphatic carbocycles. The van der Waals surface area contributed by atoms with Crippen molar-refractivity contribution in [2.75, 3.05) is 32.8 Å². The first-order valence-electron chi connectivity index (χ1n) is 6.17. The highest BCUT2D eigenvalue weighted by atomic mass is 16.3. The molecule has 90 valence electrons. The van der Waals surface area contributed by atoms with Crippen molar-refractivity contribution < 1.29 is 5.11 Å². The molecule has 0 bridgehead atoms. The Balaban J connectivity index is 2.43. The van der Waals surface area contributed by atoms with E-state index in [0.717, 1.165) is 26.1 Å². The summed E-state index contributed by atoms with van der Waals surface area (Å²) in [6, 6.07) is 0. The second kappa shape index (κ2) is 5.83. The van der Waals surface area contributed by atoms with Crippen LogP contribution in [0.25, 0.3) is 0 Å². The smallest absolute Gasteiger partial charge is 0.0471 e. The first kappa shape index (κ1) is 12.9. The van der Waals surface area contributed by atoms with Gasteiger partial charge in [0.25, 0.3) is 0 Å². The summed E-state index contributed by atoms with van der Waals surface area (Å²) in [5, 5.41) is 9.17. The normalized spacial score (nSPS) is 27.6. The number of hydrogen-bond donors (Lipinski definition) is 2. The molecule has 0 spiro atoms. The van der Waals surface area contributed by atoms with Crippen LogP contribution in [0.2, 0.25) is 0 Å². The summed E-state index contributed by atoms with van der Waals surface area (Å²) < 4.78 is 0. The van der Waals surface area contributed by atoms with Crippen molar-refractivity contribution in [1.29, 1.82) is 0 Å². The van der Waals surface area contributed by atoms with Gasteiger partial charge in [0.05, 0.1) is 0 Å². The van der Waals surface area contributed by atoms with E-state index < -0.39 is 0 Å². The lowest BCUT2D eigenvalue weighted by Gasteiger charge is -2.38. The van der Waals surface area contributed by atoms with Gasteiger partial charge in [0.15, 0.2) is 0 Å². The molecule has 0 aromatic rings. The van der Waals surface area contributed by atoms with Gasteiger partial charge in [-0.05, 0) is 43.7 Å². The van der Waals surface area contributed by atoms with Crippen molar-refractivity contribution in [3.05, 3.63) is 0 Å². The fraction of sp³-hybridized carbons (Fsp3) is 1.00. The molecule has 2 unspecified atom stereocenters. The minimum atomic E-state index is 0.247. The lowest BCUT2D eigenvalue weighted by atomic mass is 9.86. The van der Waals surface area contributed by atoms with Gasteiger partial charge >= 0.3 is 0 Å². The zero-order valence-electron chi connectivity index (χ0n) is 10.2. The van der Waals surface area contributed by atoms with E-state index in [9.17, 15) is 5.11 Å². The standard InChI is InChI=1S/C12H26N2O/c1-3-12(2,9-13)10-14-6-4-5-11(7-14)8-15/h11,15H,3-10,13H2,1-2H3. The van der Waals surface area contributed by atoms with Crippen molar-refractivity contribution >= 4 is 0 Å². The molecular formula is C12H26N2O. The van der Waals surface area contributed by atoms with Crippen LogP contribution in [-0.2, 0) is 0 Å². The van der Waals surface area contributed by atoms with Crippen LogP contribution in [0.3, 0.4) is 0 Å².